The molecule has 0 radical (unpaired) electrons. The third-order valence-electron chi connectivity index (χ3n) is 4.13. The van der Waals surface area contributed by atoms with E-state index in [9.17, 15) is 14.4 Å². The molecular weight excluding hydrogens is 388 g/mol. The molecule has 7 heteroatoms. The number of aliphatic carboxylic acids is 1. The van der Waals surface area contributed by atoms with Crippen molar-refractivity contribution in [1.29, 1.82) is 0 Å². The molecule has 1 unspecified atom stereocenters. The predicted octanol–water partition coefficient (Wildman–Crippen LogP) is 4.39. The molecule has 29 heavy (non-hydrogen) atoms. The Morgan fingerprint density at radius 2 is 1.69 bits per heavy atom. The van der Waals surface area contributed by atoms with E-state index in [0.29, 0.717) is 5.69 Å². The number of carbonyl (C=O) groups excluding carboxylic acids is 2. The Bertz CT molecular complexity index is 952. The van der Waals surface area contributed by atoms with Crippen molar-refractivity contribution >= 4 is 40.9 Å². The molecule has 2 aromatic rings. The van der Waals surface area contributed by atoms with E-state index in [0.717, 1.165) is 27.8 Å². The van der Waals surface area contributed by atoms with Crippen molar-refractivity contribution in [2.24, 2.45) is 0 Å². The number of hydrogen-bond acceptors (Lipinski definition) is 4. The van der Waals surface area contributed by atoms with Crippen molar-refractivity contribution in [3.05, 3.63) is 65.2 Å². The summed E-state index contributed by atoms with van der Waals surface area (Å²) in [7, 11) is 0. The second kappa shape index (κ2) is 9.93. The van der Waals surface area contributed by atoms with Crippen molar-refractivity contribution in [3.8, 4) is 0 Å². The second-order valence-electron chi connectivity index (χ2n) is 6.71. The summed E-state index contributed by atoms with van der Waals surface area (Å²) in [6, 6.07) is 12.9. The number of thioether (sulfide) groups is 1. The van der Waals surface area contributed by atoms with Gasteiger partial charge in [0.05, 0.1) is 5.25 Å². The lowest BCUT2D eigenvalue weighted by Crippen LogP contribution is -2.22. The van der Waals surface area contributed by atoms with Crippen LogP contribution in [0.4, 0.5) is 11.4 Å². The van der Waals surface area contributed by atoms with E-state index in [-0.39, 0.29) is 16.7 Å². The minimum atomic E-state index is -1.14. The zero-order chi connectivity index (χ0) is 21.6. The zero-order valence-corrected chi connectivity index (χ0v) is 17.6. The highest BCUT2D eigenvalue weighted by molar-refractivity contribution is 8.00. The number of carboxylic acids is 1. The van der Waals surface area contributed by atoms with Gasteiger partial charge in [-0.1, -0.05) is 17.7 Å². The molecule has 0 aliphatic heterocycles. The fraction of sp³-hybridized carbons (Fsp3) is 0.227. The fourth-order valence-electron chi connectivity index (χ4n) is 2.50. The second-order valence-corrected chi connectivity index (χ2v) is 8.13. The Balaban J connectivity index is 1.94. The van der Waals surface area contributed by atoms with Crippen molar-refractivity contribution in [2.45, 2.75) is 37.8 Å². The zero-order valence-electron chi connectivity index (χ0n) is 16.8. The highest BCUT2D eigenvalue weighted by Gasteiger charge is 2.15. The Morgan fingerprint density at radius 3 is 2.28 bits per heavy atom. The van der Waals surface area contributed by atoms with Crippen molar-refractivity contribution in [1.82, 2.24) is 0 Å². The molecule has 0 aromatic heterocycles. The number of carbonyl (C=O) groups is 3. The normalized spacial score (nSPS) is 12.2. The van der Waals surface area contributed by atoms with Crippen LogP contribution < -0.4 is 10.6 Å². The molecule has 0 spiro atoms. The van der Waals surface area contributed by atoms with Crippen LogP contribution in [0.25, 0.3) is 0 Å². The third-order valence-corrected chi connectivity index (χ3v) is 5.24. The van der Waals surface area contributed by atoms with Gasteiger partial charge in [-0.05, 0) is 63.6 Å². The standard InChI is InChI=1S/C22H24N2O4S/c1-13-5-10-19(14(2)11-13)24-21(26)16(4)29-18-8-6-17(7-9-18)23-20(25)12-15(3)22(27)28/h5-12,16H,1-4H3,(H,23,25)(H,24,26)(H,27,28). The van der Waals surface area contributed by atoms with Crippen LogP contribution in [0.3, 0.4) is 0 Å². The van der Waals surface area contributed by atoms with E-state index in [4.69, 9.17) is 5.11 Å². The molecule has 0 heterocycles. The van der Waals surface area contributed by atoms with Gasteiger partial charge < -0.3 is 15.7 Å². The fourth-order valence-corrected chi connectivity index (χ4v) is 3.37. The van der Waals surface area contributed by atoms with E-state index >= 15 is 0 Å². The predicted molar refractivity (Wildman–Crippen MR) is 116 cm³/mol. The molecule has 1 atom stereocenters. The summed E-state index contributed by atoms with van der Waals surface area (Å²) in [5.74, 6) is -1.74. The highest BCUT2D eigenvalue weighted by Crippen LogP contribution is 2.26. The molecular formula is C22H24N2O4S. The molecule has 0 aliphatic carbocycles. The number of nitrogens with one attached hydrogen (secondary N) is 2. The molecule has 0 aliphatic rings. The molecule has 152 valence electrons. The van der Waals surface area contributed by atoms with Crippen LogP contribution in [-0.2, 0) is 14.4 Å². The maximum absolute atomic E-state index is 12.5. The van der Waals surface area contributed by atoms with Crippen LogP contribution in [-0.4, -0.2) is 28.1 Å². The topological polar surface area (TPSA) is 95.5 Å². The number of aryl methyl sites for hydroxylation is 2. The van der Waals surface area contributed by atoms with E-state index in [2.05, 4.69) is 10.6 Å². The quantitative estimate of drug-likeness (QED) is 0.463. The number of amides is 2. The van der Waals surface area contributed by atoms with E-state index < -0.39 is 11.9 Å². The summed E-state index contributed by atoms with van der Waals surface area (Å²) in [6.07, 6.45) is 1.03. The summed E-state index contributed by atoms with van der Waals surface area (Å²) in [6.45, 7) is 7.15. The first-order chi connectivity index (χ1) is 13.7. The summed E-state index contributed by atoms with van der Waals surface area (Å²) in [4.78, 5) is 35.9. The highest BCUT2D eigenvalue weighted by atomic mass is 32.2. The van der Waals surface area contributed by atoms with Crippen LogP contribution >= 0.6 is 11.8 Å². The summed E-state index contributed by atoms with van der Waals surface area (Å²) in [5.41, 5.74) is 3.46. The molecule has 0 saturated carbocycles. The van der Waals surface area contributed by atoms with Gasteiger partial charge in [0.15, 0.2) is 0 Å². The maximum atomic E-state index is 12.5. The van der Waals surface area contributed by atoms with Crippen LogP contribution in [0.1, 0.15) is 25.0 Å². The molecule has 2 rings (SSSR count). The van der Waals surface area contributed by atoms with Crippen molar-refractivity contribution in [3.63, 3.8) is 0 Å². The number of rotatable bonds is 7. The van der Waals surface area contributed by atoms with Crippen LogP contribution in [0.5, 0.6) is 0 Å². The summed E-state index contributed by atoms with van der Waals surface area (Å²) >= 11 is 1.41. The van der Waals surface area contributed by atoms with Gasteiger partial charge in [0.1, 0.15) is 0 Å². The lowest BCUT2D eigenvalue weighted by molar-refractivity contribution is -0.132. The minimum absolute atomic E-state index is 0.0432. The van der Waals surface area contributed by atoms with Crippen molar-refractivity contribution in [2.75, 3.05) is 10.6 Å². The monoisotopic (exact) mass is 412 g/mol. The van der Waals surface area contributed by atoms with Crippen molar-refractivity contribution < 1.29 is 19.5 Å². The summed E-state index contributed by atoms with van der Waals surface area (Å²) < 4.78 is 0. The molecule has 3 N–H and O–H groups in total. The Kier molecular flexibility index (Phi) is 7.61. The van der Waals surface area contributed by atoms with E-state index in [1.54, 1.807) is 24.3 Å². The number of anilines is 2. The first-order valence-electron chi connectivity index (χ1n) is 9.03. The van der Waals surface area contributed by atoms with Gasteiger partial charge in [0, 0.05) is 27.9 Å². The van der Waals surface area contributed by atoms with Crippen LogP contribution in [0.2, 0.25) is 0 Å². The van der Waals surface area contributed by atoms with Gasteiger partial charge in [-0.3, -0.25) is 9.59 Å². The first kappa shape index (κ1) is 22.2. The first-order valence-corrected chi connectivity index (χ1v) is 9.91. The van der Waals surface area contributed by atoms with Gasteiger partial charge in [-0.25, -0.2) is 4.79 Å². The van der Waals surface area contributed by atoms with Gasteiger partial charge in [-0.2, -0.15) is 0 Å². The molecule has 2 amide bonds. The van der Waals surface area contributed by atoms with E-state index in [1.165, 1.54) is 18.7 Å². The van der Waals surface area contributed by atoms with Gasteiger partial charge in [0.25, 0.3) is 0 Å². The van der Waals surface area contributed by atoms with Gasteiger partial charge in [0.2, 0.25) is 11.8 Å². The van der Waals surface area contributed by atoms with E-state index in [1.807, 2.05) is 39.0 Å². The minimum Gasteiger partial charge on any atom is -0.478 e. The lowest BCUT2D eigenvalue weighted by Gasteiger charge is -2.14. The Morgan fingerprint density at radius 1 is 1.03 bits per heavy atom. The number of hydrogen-bond donors (Lipinski definition) is 3. The Labute approximate surface area is 174 Å². The SMILES string of the molecule is CC(=CC(=O)Nc1ccc(SC(C)C(=O)Nc2ccc(C)cc2C)cc1)C(=O)O. The van der Waals surface area contributed by atoms with Gasteiger partial charge in [-0.15, -0.1) is 11.8 Å². The maximum Gasteiger partial charge on any atom is 0.331 e. The largest absolute Gasteiger partial charge is 0.478 e. The van der Waals surface area contributed by atoms with Crippen LogP contribution in [0.15, 0.2) is 59.0 Å². The molecule has 0 saturated heterocycles. The molecule has 0 bridgehead atoms. The van der Waals surface area contributed by atoms with Crippen LogP contribution in [0, 0.1) is 13.8 Å². The third kappa shape index (κ3) is 6.80. The summed E-state index contributed by atoms with van der Waals surface area (Å²) in [5, 5.41) is 14.0. The number of benzene rings is 2. The van der Waals surface area contributed by atoms with Gasteiger partial charge >= 0.3 is 5.97 Å². The molecule has 0 fully saturated rings. The Hall–Kier alpha value is -3.06. The smallest absolute Gasteiger partial charge is 0.331 e. The average Bonchev–Trinajstić information content (AvgIpc) is 2.65. The number of carboxylic acid groups (broad SMARTS) is 1. The lowest BCUT2D eigenvalue weighted by atomic mass is 10.1. The molecule has 6 nitrogen and oxygen atoms in total. The molecule has 2 aromatic carbocycles. The average molecular weight is 413 g/mol.